The van der Waals surface area contributed by atoms with Crippen LogP contribution in [0.5, 0.6) is 5.75 Å². The summed E-state index contributed by atoms with van der Waals surface area (Å²) >= 11 is 6.41. The number of nitrogens with one attached hydrogen (secondary N) is 1. The van der Waals surface area contributed by atoms with Crippen molar-refractivity contribution < 1.29 is 4.74 Å². The number of fused-ring (bicyclic) bond motifs is 5. The topological polar surface area (TPSA) is 54.7 Å². The molecule has 1 aromatic carbocycles. The third-order valence-corrected chi connectivity index (χ3v) is 6.32. The first-order valence-corrected chi connectivity index (χ1v) is 9.93. The van der Waals surface area contributed by atoms with Crippen LogP contribution in [0.15, 0.2) is 30.5 Å². The van der Waals surface area contributed by atoms with Crippen LogP contribution in [-0.2, 0) is 12.8 Å². The van der Waals surface area contributed by atoms with Gasteiger partial charge in [0.05, 0.1) is 29.6 Å². The van der Waals surface area contributed by atoms with Crippen LogP contribution in [0.3, 0.4) is 0 Å². The van der Waals surface area contributed by atoms with E-state index in [2.05, 4.69) is 21.4 Å². The summed E-state index contributed by atoms with van der Waals surface area (Å²) in [5.41, 5.74) is 4.63. The highest BCUT2D eigenvalue weighted by atomic mass is 35.5. The fraction of sp³-hybridized carbons (Fsp3) is 0.400. The summed E-state index contributed by atoms with van der Waals surface area (Å²) in [6, 6.07) is 8.34. The summed E-state index contributed by atoms with van der Waals surface area (Å²) < 4.78 is 7.99. The van der Waals surface area contributed by atoms with E-state index in [0.29, 0.717) is 10.9 Å². The van der Waals surface area contributed by atoms with Crippen LogP contribution in [0.4, 0.5) is 5.82 Å². The average molecular weight is 382 g/mol. The molecule has 3 aromatic rings. The van der Waals surface area contributed by atoms with Gasteiger partial charge in [0, 0.05) is 42.6 Å². The molecular weight excluding hydrogens is 362 g/mol. The van der Waals surface area contributed by atoms with Gasteiger partial charge in [-0.05, 0) is 19.0 Å². The second-order valence-corrected chi connectivity index (χ2v) is 7.95. The van der Waals surface area contributed by atoms with Crippen LogP contribution in [0, 0.1) is 5.92 Å². The Balaban J connectivity index is 1.53. The minimum Gasteiger partial charge on any atom is -0.491 e. The van der Waals surface area contributed by atoms with Gasteiger partial charge in [0.25, 0.3) is 0 Å². The Hall–Kier alpha value is -2.31. The lowest BCUT2D eigenvalue weighted by Gasteiger charge is -2.52. The summed E-state index contributed by atoms with van der Waals surface area (Å²) in [5.74, 6) is 2.51. The van der Waals surface area contributed by atoms with Gasteiger partial charge in [-0.3, -0.25) is 0 Å². The number of nitrogens with zero attached hydrogens (tertiary/aromatic N) is 4. The number of aromatic nitrogens is 3. The molecule has 0 saturated carbocycles. The Morgan fingerprint density at radius 1 is 1.19 bits per heavy atom. The molecule has 0 aliphatic carbocycles. The molecule has 2 unspecified atom stereocenters. The average Bonchev–Trinajstić information content (AvgIpc) is 2.98. The second-order valence-electron chi connectivity index (χ2n) is 7.54. The Morgan fingerprint density at radius 2 is 2.11 bits per heavy atom. The number of para-hydroxylation sites is 1. The molecule has 27 heavy (non-hydrogen) atoms. The zero-order chi connectivity index (χ0) is 18.0. The second kappa shape index (κ2) is 5.84. The van der Waals surface area contributed by atoms with Gasteiger partial charge in [-0.15, -0.1) is 0 Å². The van der Waals surface area contributed by atoms with Gasteiger partial charge >= 0.3 is 0 Å². The predicted molar refractivity (Wildman–Crippen MR) is 104 cm³/mol. The summed E-state index contributed by atoms with van der Waals surface area (Å²) in [6.45, 7) is 3.63. The van der Waals surface area contributed by atoms with E-state index in [1.165, 1.54) is 22.6 Å². The summed E-state index contributed by atoms with van der Waals surface area (Å²) in [5, 5.41) is 8.80. The molecule has 0 radical (unpaired) electrons. The largest absolute Gasteiger partial charge is 0.491 e. The normalized spacial score (nSPS) is 23.7. The smallest absolute Gasteiger partial charge is 0.157 e. The Labute approximate surface area is 162 Å². The number of benzene rings is 1. The third-order valence-electron chi connectivity index (χ3n) is 6.02. The summed E-state index contributed by atoms with van der Waals surface area (Å²) in [7, 11) is 0. The number of halogens is 1. The van der Waals surface area contributed by atoms with Crippen LogP contribution in [0.2, 0.25) is 5.02 Å². The van der Waals surface area contributed by atoms with Gasteiger partial charge in [-0.25, -0.2) is 4.98 Å². The maximum Gasteiger partial charge on any atom is 0.157 e. The SMILES string of the molecule is Clc1cccc2c1OCC1CN(c3c4c(nc5ccnn35)CCNCC4)C21. The highest BCUT2D eigenvalue weighted by Crippen LogP contribution is 2.51. The number of anilines is 1. The van der Waals surface area contributed by atoms with Gasteiger partial charge in [0.2, 0.25) is 0 Å². The van der Waals surface area contributed by atoms with E-state index < -0.39 is 0 Å². The Morgan fingerprint density at radius 3 is 3.07 bits per heavy atom. The first kappa shape index (κ1) is 15.7. The van der Waals surface area contributed by atoms with E-state index in [4.69, 9.17) is 21.3 Å². The molecule has 6 rings (SSSR count). The number of hydrogen-bond acceptors (Lipinski definition) is 5. The minimum absolute atomic E-state index is 0.280. The molecule has 7 heteroatoms. The fourth-order valence-corrected chi connectivity index (χ4v) is 5.01. The number of rotatable bonds is 1. The third kappa shape index (κ3) is 2.23. The zero-order valence-corrected chi connectivity index (χ0v) is 15.6. The molecule has 5 heterocycles. The van der Waals surface area contributed by atoms with Crippen molar-refractivity contribution >= 4 is 23.1 Å². The van der Waals surface area contributed by atoms with E-state index in [-0.39, 0.29) is 6.04 Å². The molecular formula is C20H20ClN5O. The Kier molecular flexibility index (Phi) is 3.40. The maximum atomic E-state index is 6.41. The zero-order valence-electron chi connectivity index (χ0n) is 14.9. The van der Waals surface area contributed by atoms with E-state index >= 15 is 0 Å². The van der Waals surface area contributed by atoms with Crippen LogP contribution in [0.25, 0.3) is 5.65 Å². The highest BCUT2D eigenvalue weighted by molar-refractivity contribution is 6.32. The molecule has 2 atom stereocenters. The van der Waals surface area contributed by atoms with Crippen molar-refractivity contribution in [1.29, 1.82) is 0 Å². The standard InChI is InChI=1S/C20H20ClN5O/c21-15-3-1-2-14-18-12(11-27-19(14)15)10-25(18)20-13-4-7-22-8-5-16(13)24-17-6-9-23-26(17)20/h1-3,6,9,12,18,22H,4-5,7-8,10-11H2. The van der Waals surface area contributed by atoms with Crippen molar-refractivity contribution in [2.75, 3.05) is 31.1 Å². The van der Waals surface area contributed by atoms with Crippen molar-refractivity contribution in [1.82, 2.24) is 19.9 Å². The van der Waals surface area contributed by atoms with Gasteiger partial charge < -0.3 is 15.0 Å². The molecule has 1 fully saturated rings. The van der Waals surface area contributed by atoms with Crippen LogP contribution in [-0.4, -0.2) is 40.8 Å². The molecule has 2 aromatic heterocycles. The molecule has 3 aliphatic rings. The van der Waals surface area contributed by atoms with Crippen molar-refractivity contribution in [3.63, 3.8) is 0 Å². The molecule has 3 aliphatic heterocycles. The van der Waals surface area contributed by atoms with Crippen LogP contribution in [0.1, 0.15) is 22.9 Å². The van der Waals surface area contributed by atoms with E-state index in [0.717, 1.165) is 50.5 Å². The van der Waals surface area contributed by atoms with Gasteiger partial charge in [0.15, 0.2) is 5.65 Å². The molecule has 0 bridgehead atoms. The first-order chi connectivity index (χ1) is 13.3. The van der Waals surface area contributed by atoms with Crippen molar-refractivity contribution in [3.8, 4) is 5.75 Å². The highest BCUT2D eigenvalue weighted by Gasteiger charge is 2.47. The monoisotopic (exact) mass is 381 g/mol. The van der Waals surface area contributed by atoms with Crippen molar-refractivity contribution in [2.45, 2.75) is 18.9 Å². The fourth-order valence-electron chi connectivity index (χ4n) is 4.78. The molecule has 1 saturated heterocycles. The predicted octanol–water partition coefficient (Wildman–Crippen LogP) is 2.64. The minimum atomic E-state index is 0.280. The first-order valence-electron chi connectivity index (χ1n) is 9.55. The molecule has 0 amide bonds. The summed E-state index contributed by atoms with van der Waals surface area (Å²) in [4.78, 5) is 7.37. The van der Waals surface area contributed by atoms with Crippen molar-refractivity contribution in [3.05, 3.63) is 52.3 Å². The maximum absolute atomic E-state index is 6.41. The van der Waals surface area contributed by atoms with E-state index in [9.17, 15) is 0 Å². The van der Waals surface area contributed by atoms with Crippen LogP contribution < -0.4 is 15.0 Å². The number of ether oxygens (including phenoxy) is 1. The van der Waals surface area contributed by atoms with Gasteiger partial charge in [-0.2, -0.15) is 9.61 Å². The lowest BCUT2D eigenvalue weighted by molar-refractivity contribution is 0.143. The molecule has 138 valence electrons. The Bertz CT molecular complexity index is 1050. The van der Waals surface area contributed by atoms with E-state index in [1.54, 1.807) is 0 Å². The van der Waals surface area contributed by atoms with E-state index in [1.807, 2.05) is 28.9 Å². The van der Waals surface area contributed by atoms with Gasteiger partial charge in [-0.1, -0.05) is 23.7 Å². The summed E-state index contributed by atoms with van der Waals surface area (Å²) in [6.07, 6.45) is 3.77. The molecule has 0 spiro atoms. The molecule has 1 N–H and O–H groups in total. The quantitative estimate of drug-likeness (QED) is 0.702. The van der Waals surface area contributed by atoms with Gasteiger partial charge in [0.1, 0.15) is 11.6 Å². The van der Waals surface area contributed by atoms with Crippen molar-refractivity contribution in [2.24, 2.45) is 5.92 Å². The molecule has 6 nitrogen and oxygen atoms in total. The lowest BCUT2D eigenvalue weighted by atomic mass is 9.81. The lowest BCUT2D eigenvalue weighted by Crippen LogP contribution is -2.55. The number of hydrogen-bond donors (Lipinski definition) is 1. The van der Waals surface area contributed by atoms with Crippen LogP contribution >= 0.6 is 11.6 Å².